The van der Waals surface area contributed by atoms with E-state index in [0.717, 1.165) is 32.7 Å². The van der Waals surface area contributed by atoms with Crippen LogP contribution in [-0.4, -0.2) is 61.8 Å². The molecule has 4 N–H and O–H groups in total. The topological polar surface area (TPSA) is 96.7 Å². The molecule has 0 aromatic carbocycles. The van der Waals surface area contributed by atoms with Crippen molar-refractivity contribution in [2.75, 3.05) is 39.3 Å². The van der Waals surface area contributed by atoms with Crippen molar-refractivity contribution >= 4 is 12.0 Å². The minimum atomic E-state index is -0.398. The van der Waals surface area contributed by atoms with Gasteiger partial charge in [0.05, 0.1) is 0 Å². The standard InChI is InChI=1S/C9H18N2O2.C7H14N2O/c1-9(2,3)13-8(12)11-5-7(4-10)6-11;1-2-7(10)9-5-6-3-8-4-6/h7H,4-6,10H2,1-3H3;6,8H,2-5H2,1H3,(H,9,10). The summed E-state index contributed by atoms with van der Waals surface area (Å²) in [7, 11) is 0. The van der Waals surface area contributed by atoms with E-state index in [1.807, 2.05) is 27.7 Å². The summed E-state index contributed by atoms with van der Waals surface area (Å²) in [5, 5.41) is 6.01. The Kier molecular flexibility index (Phi) is 7.78. The fraction of sp³-hybridized carbons (Fsp3) is 0.875. The molecule has 2 aliphatic heterocycles. The van der Waals surface area contributed by atoms with Gasteiger partial charge in [-0.05, 0) is 27.3 Å². The van der Waals surface area contributed by atoms with Gasteiger partial charge in [-0.2, -0.15) is 0 Å². The number of nitrogens with two attached hydrogens (primary N) is 1. The maximum absolute atomic E-state index is 11.4. The minimum Gasteiger partial charge on any atom is -0.444 e. The zero-order chi connectivity index (χ0) is 17.5. The van der Waals surface area contributed by atoms with Crippen LogP contribution in [0.4, 0.5) is 4.79 Å². The molecule has 7 nitrogen and oxygen atoms in total. The van der Waals surface area contributed by atoms with Gasteiger partial charge < -0.3 is 26.0 Å². The van der Waals surface area contributed by atoms with Crippen molar-refractivity contribution in [3.05, 3.63) is 0 Å². The Hall–Kier alpha value is -1.34. The molecule has 2 aliphatic rings. The number of nitrogens with zero attached hydrogens (tertiary/aromatic N) is 1. The lowest BCUT2D eigenvalue weighted by Crippen LogP contribution is -2.53. The molecule has 134 valence electrons. The highest BCUT2D eigenvalue weighted by Crippen LogP contribution is 2.18. The third-order valence-electron chi connectivity index (χ3n) is 3.72. The second-order valence-corrected chi connectivity index (χ2v) is 7.17. The zero-order valence-electron chi connectivity index (χ0n) is 14.9. The molecule has 7 heteroatoms. The predicted molar refractivity (Wildman–Crippen MR) is 90.0 cm³/mol. The number of rotatable bonds is 4. The SMILES string of the molecule is CC(C)(C)OC(=O)N1CC(CN)C1.CCC(=O)NCC1CNC1. The van der Waals surface area contributed by atoms with Gasteiger partial charge in [-0.3, -0.25) is 4.79 Å². The summed E-state index contributed by atoms with van der Waals surface area (Å²) in [5.41, 5.74) is 5.05. The van der Waals surface area contributed by atoms with E-state index >= 15 is 0 Å². The van der Waals surface area contributed by atoms with Crippen molar-refractivity contribution in [1.82, 2.24) is 15.5 Å². The Morgan fingerprint density at radius 2 is 1.87 bits per heavy atom. The van der Waals surface area contributed by atoms with Crippen molar-refractivity contribution in [3.63, 3.8) is 0 Å². The van der Waals surface area contributed by atoms with Crippen LogP contribution in [0.15, 0.2) is 0 Å². The van der Waals surface area contributed by atoms with Crippen LogP contribution in [0.2, 0.25) is 0 Å². The van der Waals surface area contributed by atoms with Crippen LogP contribution >= 0.6 is 0 Å². The first-order valence-corrected chi connectivity index (χ1v) is 8.40. The molecule has 0 bridgehead atoms. The summed E-state index contributed by atoms with van der Waals surface area (Å²) < 4.78 is 5.18. The molecule has 23 heavy (non-hydrogen) atoms. The molecule has 0 saturated carbocycles. The van der Waals surface area contributed by atoms with Crippen LogP contribution in [-0.2, 0) is 9.53 Å². The Morgan fingerprint density at radius 3 is 2.26 bits per heavy atom. The number of carbonyl (C=O) groups excluding carboxylic acids is 2. The highest BCUT2D eigenvalue weighted by molar-refractivity contribution is 5.75. The van der Waals surface area contributed by atoms with Gasteiger partial charge in [0.25, 0.3) is 0 Å². The molecule has 0 radical (unpaired) electrons. The minimum absolute atomic E-state index is 0.159. The normalized spacial score (nSPS) is 18.2. The van der Waals surface area contributed by atoms with Crippen LogP contribution in [0, 0.1) is 11.8 Å². The molecule has 2 rings (SSSR count). The Balaban J connectivity index is 0.000000238. The van der Waals surface area contributed by atoms with Crippen LogP contribution in [0.3, 0.4) is 0 Å². The van der Waals surface area contributed by atoms with E-state index in [1.54, 1.807) is 4.90 Å². The summed E-state index contributed by atoms with van der Waals surface area (Å²) in [6.45, 7) is 12.6. The monoisotopic (exact) mass is 328 g/mol. The molecule has 2 saturated heterocycles. The molecular formula is C16H32N4O3. The second kappa shape index (κ2) is 9.08. The Bertz CT molecular complexity index is 385. The fourth-order valence-electron chi connectivity index (χ4n) is 2.07. The number of hydrogen-bond acceptors (Lipinski definition) is 5. The predicted octanol–water partition coefficient (Wildman–Crippen LogP) is 0.544. The molecule has 0 spiro atoms. The Morgan fingerprint density at radius 1 is 1.26 bits per heavy atom. The molecular weight excluding hydrogens is 296 g/mol. The van der Waals surface area contributed by atoms with E-state index < -0.39 is 5.60 Å². The largest absolute Gasteiger partial charge is 0.444 e. The van der Waals surface area contributed by atoms with E-state index in [1.165, 1.54) is 0 Å². The van der Waals surface area contributed by atoms with Gasteiger partial charge in [0, 0.05) is 51.0 Å². The fourth-order valence-corrected chi connectivity index (χ4v) is 2.07. The van der Waals surface area contributed by atoms with E-state index in [2.05, 4.69) is 10.6 Å². The van der Waals surface area contributed by atoms with Crippen molar-refractivity contribution in [1.29, 1.82) is 0 Å². The van der Waals surface area contributed by atoms with Crippen molar-refractivity contribution in [2.24, 2.45) is 17.6 Å². The lowest BCUT2D eigenvalue weighted by Gasteiger charge is -2.39. The van der Waals surface area contributed by atoms with Crippen LogP contribution < -0.4 is 16.4 Å². The molecule has 0 unspecified atom stereocenters. The molecule has 2 heterocycles. The van der Waals surface area contributed by atoms with Crippen LogP contribution in [0.1, 0.15) is 34.1 Å². The van der Waals surface area contributed by atoms with Gasteiger partial charge in [-0.15, -0.1) is 0 Å². The number of nitrogens with one attached hydrogen (secondary N) is 2. The summed E-state index contributed by atoms with van der Waals surface area (Å²) in [6, 6.07) is 0. The van der Waals surface area contributed by atoms with Crippen LogP contribution in [0.25, 0.3) is 0 Å². The zero-order valence-corrected chi connectivity index (χ0v) is 14.9. The van der Waals surface area contributed by atoms with Gasteiger partial charge in [0.1, 0.15) is 5.60 Å². The summed E-state index contributed by atoms with van der Waals surface area (Å²) >= 11 is 0. The molecule has 0 aromatic rings. The molecule has 0 aromatic heterocycles. The van der Waals surface area contributed by atoms with Gasteiger partial charge in [0.2, 0.25) is 5.91 Å². The van der Waals surface area contributed by atoms with Crippen molar-refractivity contribution in [3.8, 4) is 0 Å². The number of likely N-dealkylation sites (tertiary alicyclic amines) is 1. The average molecular weight is 328 g/mol. The van der Waals surface area contributed by atoms with E-state index in [4.69, 9.17) is 10.5 Å². The first kappa shape index (κ1) is 19.7. The lowest BCUT2D eigenvalue weighted by molar-refractivity contribution is -0.121. The Labute approximate surface area is 139 Å². The molecule has 0 aliphatic carbocycles. The van der Waals surface area contributed by atoms with Gasteiger partial charge in [0.15, 0.2) is 0 Å². The van der Waals surface area contributed by atoms with E-state index in [9.17, 15) is 9.59 Å². The first-order valence-electron chi connectivity index (χ1n) is 8.40. The van der Waals surface area contributed by atoms with E-state index in [0.29, 0.717) is 24.8 Å². The number of amides is 2. The number of hydrogen-bond donors (Lipinski definition) is 3. The van der Waals surface area contributed by atoms with Crippen molar-refractivity contribution < 1.29 is 14.3 Å². The average Bonchev–Trinajstić information content (AvgIpc) is 2.34. The summed E-state index contributed by atoms with van der Waals surface area (Å²) in [4.78, 5) is 23.8. The smallest absolute Gasteiger partial charge is 0.410 e. The van der Waals surface area contributed by atoms with E-state index in [-0.39, 0.29) is 12.0 Å². The van der Waals surface area contributed by atoms with Crippen molar-refractivity contribution in [2.45, 2.75) is 39.7 Å². The third-order valence-corrected chi connectivity index (χ3v) is 3.72. The molecule has 2 fully saturated rings. The van der Waals surface area contributed by atoms with Gasteiger partial charge in [-0.1, -0.05) is 6.92 Å². The van der Waals surface area contributed by atoms with Gasteiger partial charge in [-0.25, -0.2) is 4.79 Å². The quantitative estimate of drug-likeness (QED) is 0.700. The second-order valence-electron chi connectivity index (χ2n) is 7.17. The third kappa shape index (κ3) is 7.65. The number of ether oxygens (including phenoxy) is 1. The number of carbonyl (C=O) groups is 2. The molecule has 2 amide bonds. The van der Waals surface area contributed by atoms with Gasteiger partial charge >= 0.3 is 6.09 Å². The van der Waals surface area contributed by atoms with Crippen LogP contribution in [0.5, 0.6) is 0 Å². The maximum Gasteiger partial charge on any atom is 0.410 e. The lowest BCUT2D eigenvalue weighted by atomic mass is 10.0. The maximum atomic E-state index is 11.4. The first-order chi connectivity index (χ1) is 10.7. The highest BCUT2D eigenvalue weighted by atomic mass is 16.6. The molecule has 0 atom stereocenters. The highest BCUT2D eigenvalue weighted by Gasteiger charge is 2.32. The summed E-state index contributed by atoms with van der Waals surface area (Å²) in [5.74, 6) is 1.30. The summed E-state index contributed by atoms with van der Waals surface area (Å²) in [6.07, 6.45) is 0.373.